The van der Waals surface area contributed by atoms with E-state index < -0.39 is 29.2 Å². The average molecular weight is 558 g/mol. The third-order valence-electron chi connectivity index (χ3n) is 7.53. The zero-order valence-electron chi connectivity index (χ0n) is 22.1. The first-order chi connectivity index (χ1) is 19.7. The van der Waals surface area contributed by atoms with E-state index in [9.17, 15) is 23.2 Å². The van der Waals surface area contributed by atoms with Crippen molar-refractivity contribution < 1.29 is 27.9 Å². The Morgan fingerprint density at radius 2 is 1.88 bits per heavy atom. The van der Waals surface area contributed by atoms with E-state index in [0.29, 0.717) is 24.2 Å². The Morgan fingerprint density at radius 3 is 2.61 bits per heavy atom. The lowest BCUT2D eigenvalue weighted by Gasteiger charge is -2.28. The number of ether oxygens (including phenoxy) is 1. The van der Waals surface area contributed by atoms with Gasteiger partial charge in [-0.15, -0.1) is 0 Å². The number of pyridine rings is 1. The van der Waals surface area contributed by atoms with Crippen LogP contribution < -0.4 is 15.4 Å². The fraction of sp³-hybridized carbons (Fsp3) is 0.267. The molecule has 0 unspecified atom stereocenters. The Kier molecular flexibility index (Phi) is 6.63. The maximum absolute atomic E-state index is 14.8. The Bertz CT molecular complexity index is 1650. The maximum Gasteiger partial charge on any atom is 0.323 e. The van der Waals surface area contributed by atoms with Crippen molar-refractivity contribution in [1.82, 2.24) is 25.4 Å². The second-order valence-corrected chi connectivity index (χ2v) is 10.3. The van der Waals surface area contributed by atoms with Gasteiger partial charge in [0.25, 0.3) is 11.8 Å². The highest BCUT2D eigenvalue weighted by Gasteiger charge is 2.48. The maximum atomic E-state index is 14.8. The summed E-state index contributed by atoms with van der Waals surface area (Å²) in [5.74, 6) is 3.31. The molecule has 3 aromatic rings. The van der Waals surface area contributed by atoms with Gasteiger partial charge >= 0.3 is 6.03 Å². The lowest BCUT2D eigenvalue weighted by molar-refractivity contribution is -0.122. The molecule has 2 N–H and O–H groups in total. The number of methoxy groups -OCH3 is 1. The normalized spacial score (nSPS) is 19.7. The third kappa shape index (κ3) is 4.98. The summed E-state index contributed by atoms with van der Waals surface area (Å²) >= 11 is 0. The number of carbonyl (C=O) groups is 3. The number of carbonyl (C=O) groups excluding carboxylic acids is 3. The van der Waals surface area contributed by atoms with Crippen LogP contribution in [0.4, 0.5) is 13.6 Å². The highest BCUT2D eigenvalue weighted by Crippen LogP contribution is 2.32. The van der Waals surface area contributed by atoms with Crippen LogP contribution in [0.5, 0.6) is 5.75 Å². The largest absolute Gasteiger partial charge is 0.494 e. The van der Waals surface area contributed by atoms with Gasteiger partial charge in [0.05, 0.1) is 24.9 Å². The summed E-state index contributed by atoms with van der Waals surface area (Å²) in [5, 5.41) is 4.72. The molecule has 41 heavy (non-hydrogen) atoms. The first kappa shape index (κ1) is 26.4. The number of amides is 4. The number of aromatic nitrogens is 1. The summed E-state index contributed by atoms with van der Waals surface area (Å²) in [6.45, 7) is 1.80. The minimum absolute atomic E-state index is 0.0472. The van der Waals surface area contributed by atoms with Crippen LogP contribution in [0.1, 0.15) is 38.3 Å². The Labute approximate surface area is 234 Å². The molecule has 0 radical (unpaired) electrons. The molecule has 1 aromatic heterocycles. The van der Waals surface area contributed by atoms with Crippen LogP contribution in [0.3, 0.4) is 0 Å². The van der Waals surface area contributed by atoms with Crippen LogP contribution >= 0.6 is 0 Å². The van der Waals surface area contributed by atoms with Gasteiger partial charge in [0.2, 0.25) is 5.54 Å². The molecule has 0 spiro atoms. The summed E-state index contributed by atoms with van der Waals surface area (Å²) in [6.07, 6.45) is 2.40. The number of rotatable bonds is 5. The zero-order valence-corrected chi connectivity index (χ0v) is 22.1. The van der Waals surface area contributed by atoms with Gasteiger partial charge in [0.15, 0.2) is 11.6 Å². The molecular weight excluding hydrogens is 532 g/mol. The van der Waals surface area contributed by atoms with Gasteiger partial charge in [-0.3, -0.25) is 24.8 Å². The van der Waals surface area contributed by atoms with Crippen molar-refractivity contribution in [2.75, 3.05) is 20.2 Å². The van der Waals surface area contributed by atoms with Crippen molar-refractivity contribution in [3.05, 3.63) is 93.8 Å². The molecule has 208 valence electrons. The number of imide groups is 1. The molecule has 0 saturated carbocycles. The topological polar surface area (TPSA) is 104 Å². The van der Waals surface area contributed by atoms with Crippen molar-refractivity contribution >= 4 is 17.8 Å². The molecule has 1 atom stereocenters. The highest BCUT2D eigenvalue weighted by atomic mass is 19.1. The molecule has 4 amide bonds. The lowest BCUT2D eigenvalue weighted by Crippen LogP contribution is -2.54. The number of hydrogen-bond donors (Lipinski definition) is 2. The van der Waals surface area contributed by atoms with Gasteiger partial charge in [0.1, 0.15) is 5.82 Å². The van der Waals surface area contributed by atoms with Crippen molar-refractivity contribution in [2.45, 2.75) is 31.6 Å². The van der Waals surface area contributed by atoms with E-state index in [-0.39, 0.29) is 30.2 Å². The van der Waals surface area contributed by atoms with E-state index in [4.69, 9.17) is 4.74 Å². The van der Waals surface area contributed by atoms with Crippen LogP contribution in [0.2, 0.25) is 0 Å². The predicted octanol–water partition coefficient (Wildman–Crippen LogP) is 2.51. The summed E-state index contributed by atoms with van der Waals surface area (Å²) in [4.78, 5) is 46.0. The Hall–Kier alpha value is -4.82. The molecule has 6 rings (SSSR count). The molecule has 9 nitrogen and oxygen atoms in total. The van der Waals surface area contributed by atoms with Gasteiger partial charge in [-0.25, -0.2) is 13.6 Å². The molecule has 1 fully saturated rings. The van der Waals surface area contributed by atoms with Crippen LogP contribution in [-0.4, -0.2) is 58.4 Å². The van der Waals surface area contributed by atoms with Gasteiger partial charge in [-0.2, -0.15) is 0 Å². The minimum Gasteiger partial charge on any atom is -0.494 e. The Balaban J connectivity index is 1.18. The van der Waals surface area contributed by atoms with Gasteiger partial charge in [0, 0.05) is 37.9 Å². The van der Waals surface area contributed by atoms with E-state index >= 15 is 0 Å². The molecule has 11 heteroatoms. The number of halogens is 2. The van der Waals surface area contributed by atoms with Crippen LogP contribution in [-0.2, 0) is 30.8 Å². The second kappa shape index (κ2) is 10.3. The van der Waals surface area contributed by atoms with Gasteiger partial charge in [-0.05, 0) is 53.4 Å². The first-order valence-electron chi connectivity index (χ1n) is 13.0. The predicted molar refractivity (Wildman–Crippen MR) is 142 cm³/mol. The molecule has 1 saturated heterocycles. The van der Waals surface area contributed by atoms with Crippen LogP contribution in [0, 0.1) is 23.5 Å². The number of nitrogens with zero attached hydrogens (tertiary/aromatic N) is 3. The summed E-state index contributed by atoms with van der Waals surface area (Å²) in [5.41, 5.74) is 2.02. The van der Waals surface area contributed by atoms with Crippen LogP contribution in [0.15, 0.2) is 48.7 Å². The van der Waals surface area contributed by atoms with Crippen molar-refractivity contribution in [3.8, 4) is 17.6 Å². The van der Waals surface area contributed by atoms with E-state index in [2.05, 4.69) is 32.4 Å². The van der Waals surface area contributed by atoms with Crippen LogP contribution in [0.25, 0.3) is 0 Å². The fourth-order valence-corrected chi connectivity index (χ4v) is 5.42. The van der Waals surface area contributed by atoms with Crippen molar-refractivity contribution in [2.24, 2.45) is 0 Å². The zero-order chi connectivity index (χ0) is 28.7. The number of hydrogen-bond acceptors (Lipinski definition) is 6. The van der Waals surface area contributed by atoms with E-state index in [1.807, 2.05) is 12.1 Å². The molecule has 2 aromatic carbocycles. The second-order valence-electron chi connectivity index (χ2n) is 10.3. The first-order valence-corrected chi connectivity index (χ1v) is 13.0. The van der Waals surface area contributed by atoms with Gasteiger partial charge < -0.3 is 15.0 Å². The summed E-state index contributed by atoms with van der Waals surface area (Å²) < 4.78 is 33.4. The number of fused-ring (bicyclic) bond motifs is 2. The number of urea groups is 1. The molecule has 3 aliphatic heterocycles. The number of nitrogens with one attached hydrogen (secondary N) is 2. The lowest BCUT2D eigenvalue weighted by atomic mass is 9.99. The monoisotopic (exact) mass is 557 g/mol. The highest BCUT2D eigenvalue weighted by molar-refractivity contribution is 6.10. The fourth-order valence-electron chi connectivity index (χ4n) is 5.42. The van der Waals surface area contributed by atoms with Crippen molar-refractivity contribution in [3.63, 3.8) is 0 Å². The Morgan fingerprint density at radius 1 is 1.05 bits per heavy atom. The quantitative estimate of drug-likeness (QED) is 0.369. The molecule has 0 aliphatic carbocycles. The summed E-state index contributed by atoms with van der Waals surface area (Å²) in [6, 6.07) is 10.8. The average Bonchev–Trinajstić information content (AvgIpc) is 3.42. The van der Waals surface area contributed by atoms with E-state index in [0.717, 1.165) is 29.8 Å². The smallest absolute Gasteiger partial charge is 0.323 e. The number of benzene rings is 2. The molecule has 4 heterocycles. The SMILES string of the molecule is COc1ccc2c(c1F)C(=O)N(C[C@@]1(C#Cc3ccc(CN4CCc5ccc(F)cc5C4)nc3)NC(=O)NC1=O)C2. The minimum atomic E-state index is -1.73. The van der Waals surface area contributed by atoms with E-state index in [1.54, 1.807) is 24.4 Å². The standard InChI is InChI=1S/C30H25F2N5O4/c1-41-24-7-4-20-15-37(27(38)25(20)26(24)32)17-30(28(39)34-29(40)35-30)10-8-18-2-6-23(33-13-18)16-36-11-9-19-3-5-22(31)12-21(19)14-36/h2-7,12-13H,9,11,14-17H2,1H3,(H2,34,35,39,40)/t30-/m1/s1. The van der Waals surface area contributed by atoms with Crippen molar-refractivity contribution in [1.29, 1.82) is 0 Å². The molecule has 3 aliphatic rings. The third-order valence-corrected chi connectivity index (χ3v) is 7.53. The molecule has 0 bridgehead atoms. The van der Waals surface area contributed by atoms with Gasteiger partial charge in [-0.1, -0.05) is 24.0 Å². The molecular formula is C30H25F2N5O4. The van der Waals surface area contributed by atoms with E-state index in [1.165, 1.54) is 24.1 Å². The summed E-state index contributed by atoms with van der Waals surface area (Å²) in [7, 11) is 1.31.